The van der Waals surface area contributed by atoms with Crippen LogP contribution in [-0.2, 0) is 9.53 Å². The number of nitrogens with one attached hydrogen (secondary N) is 1. The molecule has 0 saturated heterocycles. The summed E-state index contributed by atoms with van der Waals surface area (Å²) < 4.78 is 6.33. The van der Waals surface area contributed by atoms with Crippen LogP contribution in [0.3, 0.4) is 0 Å². The molecule has 0 aromatic heterocycles. The number of ether oxygens (including phenoxy) is 1. The number of benzene rings is 3. The summed E-state index contributed by atoms with van der Waals surface area (Å²) in [6.07, 6.45) is 0.0107. The molecule has 0 unspecified atom stereocenters. The summed E-state index contributed by atoms with van der Waals surface area (Å²) in [6, 6.07) is 21.1. The van der Waals surface area contributed by atoms with Crippen molar-refractivity contribution in [2.45, 2.75) is 19.3 Å². The Morgan fingerprint density at radius 1 is 1.00 bits per heavy atom. The second kappa shape index (κ2) is 10.9. The Balaban J connectivity index is 1.46. The highest BCUT2D eigenvalue weighted by Gasteiger charge is 2.29. The third-order valence-electron chi connectivity index (χ3n) is 5.84. The van der Waals surface area contributed by atoms with Gasteiger partial charge in [0.2, 0.25) is 0 Å². The third kappa shape index (κ3) is 5.64. The molecule has 0 atom stereocenters. The number of nitrogens with zero attached hydrogens (tertiary/aromatic N) is 1. The predicted octanol–water partition coefficient (Wildman–Crippen LogP) is 5.59. The monoisotopic (exact) mass is 584 g/mol. The van der Waals surface area contributed by atoms with Crippen LogP contribution in [0.25, 0.3) is 11.1 Å². The minimum absolute atomic E-state index is 0.0557. The zero-order valence-corrected chi connectivity index (χ0v) is 21.3. The second-order valence-electron chi connectivity index (χ2n) is 8.30. The number of halogens is 1. The first kappa shape index (κ1) is 24.7. The van der Waals surface area contributed by atoms with Crippen molar-refractivity contribution in [1.29, 1.82) is 0 Å². The van der Waals surface area contributed by atoms with Crippen LogP contribution in [0.15, 0.2) is 66.7 Å². The minimum Gasteiger partial charge on any atom is -0.480 e. The van der Waals surface area contributed by atoms with Gasteiger partial charge in [0.05, 0.1) is 0 Å². The van der Waals surface area contributed by atoms with Crippen LogP contribution >= 0.6 is 22.6 Å². The summed E-state index contributed by atoms with van der Waals surface area (Å²) in [5.41, 5.74) is 5.26. The molecule has 0 heterocycles. The smallest absolute Gasteiger partial charge is 0.411 e. The second-order valence-corrected chi connectivity index (χ2v) is 9.55. The zero-order valence-electron chi connectivity index (χ0n) is 19.2. The molecule has 0 spiro atoms. The fourth-order valence-corrected chi connectivity index (χ4v) is 5.08. The van der Waals surface area contributed by atoms with Gasteiger partial charge in [-0.3, -0.25) is 14.9 Å². The largest absolute Gasteiger partial charge is 0.480 e. The lowest BCUT2D eigenvalue weighted by Crippen LogP contribution is -2.36. The highest BCUT2D eigenvalue weighted by Crippen LogP contribution is 2.44. The van der Waals surface area contributed by atoms with E-state index in [1.807, 2.05) is 31.2 Å². The van der Waals surface area contributed by atoms with Crippen molar-refractivity contribution < 1.29 is 24.2 Å². The zero-order chi connectivity index (χ0) is 24.9. The quantitative estimate of drug-likeness (QED) is 0.337. The number of hydrogen-bond acceptors (Lipinski definition) is 4. The lowest BCUT2D eigenvalue weighted by molar-refractivity contribution is -0.137. The highest BCUT2D eigenvalue weighted by molar-refractivity contribution is 14.1. The number of rotatable bonds is 8. The molecular formula is C27H25IN2O5. The lowest BCUT2D eigenvalue weighted by atomic mass is 9.98. The number of aliphatic carboxylic acids is 1. The average Bonchev–Trinajstić information content (AvgIpc) is 3.15. The summed E-state index contributed by atoms with van der Waals surface area (Å²) in [7, 11) is 0. The van der Waals surface area contributed by atoms with Gasteiger partial charge in [-0.15, -0.1) is 0 Å². The lowest BCUT2D eigenvalue weighted by Gasteiger charge is -2.20. The fraction of sp³-hybridized carbons (Fsp3) is 0.222. The van der Waals surface area contributed by atoms with E-state index in [0.29, 0.717) is 24.2 Å². The molecular weight excluding hydrogens is 559 g/mol. The van der Waals surface area contributed by atoms with Gasteiger partial charge < -0.3 is 14.7 Å². The molecule has 0 saturated carbocycles. The first-order valence-corrected chi connectivity index (χ1v) is 12.4. The van der Waals surface area contributed by atoms with Gasteiger partial charge in [-0.05, 0) is 69.5 Å². The van der Waals surface area contributed by atoms with Crippen molar-refractivity contribution in [3.05, 3.63) is 87.0 Å². The van der Waals surface area contributed by atoms with Crippen LogP contribution < -0.4 is 5.32 Å². The number of hydrogen-bond donors (Lipinski definition) is 2. The summed E-state index contributed by atoms with van der Waals surface area (Å²) >= 11 is 2.06. The first-order chi connectivity index (χ1) is 16.9. The van der Waals surface area contributed by atoms with Crippen molar-refractivity contribution in [3.63, 3.8) is 0 Å². The number of amides is 2. The van der Waals surface area contributed by atoms with Gasteiger partial charge in [0, 0.05) is 27.3 Å². The van der Waals surface area contributed by atoms with Crippen LogP contribution in [0, 0.1) is 3.57 Å². The topological polar surface area (TPSA) is 95.9 Å². The number of carboxylic acids is 1. The Labute approximate surface area is 217 Å². The number of carboxylic acid groups (broad SMARTS) is 1. The Hall–Kier alpha value is -3.40. The first-order valence-electron chi connectivity index (χ1n) is 11.3. The van der Waals surface area contributed by atoms with E-state index in [2.05, 4.69) is 52.2 Å². The van der Waals surface area contributed by atoms with E-state index in [1.54, 1.807) is 12.1 Å². The molecule has 180 valence electrons. The number of fused-ring (bicyclic) bond motifs is 3. The molecule has 0 bridgehead atoms. The van der Waals surface area contributed by atoms with Crippen molar-refractivity contribution in [2.24, 2.45) is 0 Å². The van der Waals surface area contributed by atoms with Gasteiger partial charge in [0.25, 0.3) is 5.91 Å². The molecule has 7 nitrogen and oxygen atoms in total. The normalized spacial score (nSPS) is 11.9. The summed E-state index contributed by atoms with van der Waals surface area (Å²) in [4.78, 5) is 38.0. The SMILES string of the molecule is CCCN(CC(=O)O)C(=O)c1cc(I)cc(NC(=O)OCC2c3ccccc3-c3ccccc32)c1. The van der Waals surface area contributed by atoms with E-state index in [-0.39, 0.29) is 19.1 Å². The van der Waals surface area contributed by atoms with E-state index in [4.69, 9.17) is 9.84 Å². The van der Waals surface area contributed by atoms with Gasteiger partial charge in [-0.25, -0.2) is 4.79 Å². The van der Waals surface area contributed by atoms with E-state index < -0.39 is 18.0 Å². The standard InChI is InChI=1S/C27H25IN2O5/c1-2-11-30(15-25(31)32)26(33)17-12-18(28)14-19(13-17)29-27(34)35-16-24-22-9-5-3-7-20(22)21-8-4-6-10-23(21)24/h3-10,12-14,24H,2,11,15-16H2,1H3,(H,29,34)(H,31,32). The van der Waals surface area contributed by atoms with Crippen LogP contribution in [0.4, 0.5) is 10.5 Å². The van der Waals surface area contributed by atoms with Crippen LogP contribution in [-0.4, -0.2) is 47.7 Å². The molecule has 4 rings (SSSR count). The number of carbonyl (C=O) groups excluding carboxylic acids is 2. The van der Waals surface area contributed by atoms with E-state index >= 15 is 0 Å². The minimum atomic E-state index is -1.07. The maximum atomic E-state index is 12.9. The molecule has 0 radical (unpaired) electrons. The molecule has 0 aliphatic heterocycles. The van der Waals surface area contributed by atoms with Crippen molar-refractivity contribution in [3.8, 4) is 11.1 Å². The molecule has 2 amide bonds. The molecule has 1 aliphatic carbocycles. The molecule has 1 aliphatic rings. The Morgan fingerprint density at radius 3 is 2.23 bits per heavy atom. The molecule has 0 fully saturated rings. The van der Waals surface area contributed by atoms with Crippen molar-refractivity contribution in [2.75, 3.05) is 25.0 Å². The maximum absolute atomic E-state index is 12.9. The highest BCUT2D eigenvalue weighted by atomic mass is 127. The Kier molecular flexibility index (Phi) is 7.70. The fourth-order valence-electron chi connectivity index (χ4n) is 4.41. The van der Waals surface area contributed by atoms with Crippen LogP contribution in [0.5, 0.6) is 0 Å². The van der Waals surface area contributed by atoms with Gasteiger partial charge >= 0.3 is 12.1 Å². The molecule has 8 heteroatoms. The van der Waals surface area contributed by atoms with Crippen LogP contribution in [0.2, 0.25) is 0 Å². The van der Waals surface area contributed by atoms with Gasteiger partial charge in [-0.1, -0.05) is 55.5 Å². The molecule has 35 heavy (non-hydrogen) atoms. The van der Waals surface area contributed by atoms with Crippen molar-refractivity contribution in [1.82, 2.24) is 4.90 Å². The molecule has 3 aromatic rings. The predicted molar refractivity (Wildman–Crippen MR) is 142 cm³/mol. The van der Waals surface area contributed by atoms with Gasteiger partial charge in [-0.2, -0.15) is 0 Å². The van der Waals surface area contributed by atoms with E-state index in [1.165, 1.54) is 11.0 Å². The van der Waals surface area contributed by atoms with E-state index in [9.17, 15) is 14.4 Å². The molecule has 3 aromatic carbocycles. The maximum Gasteiger partial charge on any atom is 0.411 e. The third-order valence-corrected chi connectivity index (χ3v) is 6.46. The van der Waals surface area contributed by atoms with E-state index in [0.717, 1.165) is 25.8 Å². The van der Waals surface area contributed by atoms with Gasteiger partial charge in [0.15, 0.2) is 0 Å². The molecule has 2 N–H and O–H groups in total. The average molecular weight is 584 g/mol. The van der Waals surface area contributed by atoms with Crippen LogP contribution in [0.1, 0.15) is 40.7 Å². The summed E-state index contributed by atoms with van der Waals surface area (Å²) in [6.45, 7) is 2.00. The van der Waals surface area contributed by atoms with Crippen molar-refractivity contribution >= 4 is 46.2 Å². The Bertz CT molecular complexity index is 1230. The summed E-state index contributed by atoms with van der Waals surface area (Å²) in [5.74, 6) is -1.53. The number of carbonyl (C=O) groups is 3. The Morgan fingerprint density at radius 2 is 1.63 bits per heavy atom. The summed E-state index contributed by atoms with van der Waals surface area (Å²) in [5, 5.41) is 11.8. The number of anilines is 1. The van der Waals surface area contributed by atoms with Gasteiger partial charge in [0.1, 0.15) is 13.2 Å².